The molecule has 0 spiro atoms. The van der Waals surface area contributed by atoms with E-state index < -0.39 is 0 Å². The van der Waals surface area contributed by atoms with Crippen LogP contribution in [-0.4, -0.2) is 23.2 Å². The van der Waals surface area contributed by atoms with Crippen LogP contribution >= 0.6 is 0 Å². The number of fused-ring (bicyclic) bond motifs is 1. The van der Waals surface area contributed by atoms with Gasteiger partial charge >= 0.3 is 0 Å². The van der Waals surface area contributed by atoms with Crippen LogP contribution in [0.5, 0.6) is 0 Å². The Hall–Kier alpha value is -1.72. The number of nitrogens with zero attached hydrogens (tertiary/aromatic N) is 2. The molecule has 3 heterocycles. The summed E-state index contributed by atoms with van der Waals surface area (Å²) in [4.78, 5) is 4.58. The van der Waals surface area contributed by atoms with Crippen LogP contribution in [0.2, 0.25) is 0 Å². The summed E-state index contributed by atoms with van der Waals surface area (Å²) in [6, 6.07) is 6.22. The largest absolute Gasteiger partial charge is 0.372 e. The van der Waals surface area contributed by atoms with Crippen molar-refractivity contribution in [3.8, 4) is 11.5 Å². The molecule has 20 heavy (non-hydrogen) atoms. The van der Waals surface area contributed by atoms with Gasteiger partial charge in [0.1, 0.15) is 0 Å². The van der Waals surface area contributed by atoms with Gasteiger partial charge in [-0.3, -0.25) is 0 Å². The highest BCUT2D eigenvalue weighted by molar-refractivity contribution is 5.56. The van der Waals surface area contributed by atoms with Crippen molar-refractivity contribution >= 4 is 0 Å². The van der Waals surface area contributed by atoms with Crippen LogP contribution in [-0.2, 0) is 18.0 Å². The molecule has 1 aromatic carbocycles. The minimum Gasteiger partial charge on any atom is -0.372 e. The smallest absolute Gasteiger partial charge is 0.257 e. The van der Waals surface area contributed by atoms with Crippen molar-refractivity contribution in [1.29, 1.82) is 0 Å². The minimum atomic E-state index is 0.423. The normalized spacial score (nSPS) is 19.2. The maximum Gasteiger partial charge on any atom is 0.257 e. The van der Waals surface area contributed by atoms with Crippen LogP contribution in [0, 0.1) is 0 Å². The number of ether oxygens (including phenoxy) is 1. The van der Waals surface area contributed by atoms with Gasteiger partial charge in [0.2, 0.25) is 0 Å². The number of piperidine rings is 1. The first-order valence-corrected chi connectivity index (χ1v) is 7.14. The Balaban J connectivity index is 1.61. The Bertz CT molecular complexity index is 617. The van der Waals surface area contributed by atoms with E-state index in [4.69, 9.17) is 9.26 Å². The zero-order chi connectivity index (χ0) is 13.4. The van der Waals surface area contributed by atoms with E-state index in [0.717, 1.165) is 37.3 Å². The van der Waals surface area contributed by atoms with Crippen molar-refractivity contribution in [1.82, 2.24) is 15.5 Å². The number of hydrogen-bond acceptors (Lipinski definition) is 5. The van der Waals surface area contributed by atoms with Crippen LogP contribution in [0.15, 0.2) is 22.7 Å². The van der Waals surface area contributed by atoms with Crippen molar-refractivity contribution in [3.63, 3.8) is 0 Å². The first-order chi connectivity index (χ1) is 9.90. The summed E-state index contributed by atoms with van der Waals surface area (Å²) in [6.45, 7) is 3.45. The van der Waals surface area contributed by atoms with Gasteiger partial charge in [0.05, 0.1) is 13.2 Å². The van der Waals surface area contributed by atoms with Crippen LogP contribution in [0.3, 0.4) is 0 Å². The van der Waals surface area contributed by atoms with Gasteiger partial charge in [-0.2, -0.15) is 4.98 Å². The maximum absolute atomic E-state index is 5.44. The van der Waals surface area contributed by atoms with E-state index in [2.05, 4.69) is 27.6 Å². The molecular formula is C15H17N3O2. The lowest BCUT2D eigenvalue weighted by molar-refractivity contribution is 0.134. The summed E-state index contributed by atoms with van der Waals surface area (Å²) in [7, 11) is 0. The molecule has 0 aliphatic carbocycles. The summed E-state index contributed by atoms with van der Waals surface area (Å²) in [5.41, 5.74) is 3.47. The predicted octanol–water partition coefficient (Wildman–Crippen LogP) is 2.23. The molecule has 0 saturated carbocycles. The maximum atomic E-state index is 5.44. The van der Waals surface area contributed by atoms with Gasteiger partial charge < -0.3 is 14.6 Å². The lowest BCUT2D eigenvalue weighted by Crippen LogP contribution is -2.27. The molecule has 5 heteroatoms. The fraction of sp³-hybridized carbons (Fsp3) is 0.467. The third-order valence-electron chi connectivity index (χ3n) is 4.11. The highest BCUT2D eigenvalue weighted by Crippen LogP contribution is 2.28. The van der Waals surface area contributed by atoms with Gasteiger partial charge in [0.15, 0.2) is 5.82 Å². The van der Waals surface area contributed by atoms with Crippen LogP contribution in [0.25, 0.3) is 11.5 Å². The van der Waals surface area contributed by atoms with Crippen molar-refractivity contribution < 1.29 is 9.26 Å². The zero-order valence-corrected chi connectivity index (χ0v) is 11.3. The average Bonchev–Trinajstić information content (AvgIpc) is 3.16. The molecule has 1 N–H and O–H groups in total. The van der Waals surface area contributed by atoms with Gasteiger partial charge in [-0.1, -0.05) is 11.2 Å². The molecule has 0 unspecified atom stereocenters. The van der Waals surface area contributed by atoms with Gasteiger partial charge in [0.25, 0.3) is 5.89 Å². The van der Waals surface area contributed by atoms with E-state index in [0.29, 0.717) is 25.0 Å². The Morgan fingerprint density at radius 1 is 1.10 bits per heavy atom. The van der Waals surface area contributed by atoms with E-state index in [1.807, 2.05) is 6.07 Å². The minimum absolute atomic E-state index is 0.423. The molecule has 0 radical (unpaired) electrons. The molecule has 0 amide bonds. The monoisotopic (exact) mass is 271 g/mol. The first kappa shape index (κ1) is 12.1. The lowest BCUT2D eigenvalue weighted by atomic mass is 9.97. The molecule has 104 valence electrons. The molecule has 5 nitrogen and oxygen atoms in total. The number of aromatic nitrogens is 2. The van der Waals surface area contributed by atoms with Crippen molar-refractivity contribution in [2.75, 3.05) is 13.1 Å². The number of hydrogen-bond donors (Lipinski definition) is 1. The van der Waals surface area contributed by atoms with Gasteiger partial charge in [-0.15, -0.1) is 0 Å². The third kappa shape index (κ3) is 2.13. The van der Waals surface area contributed by atoms with Gasteiger partial charge in [-0.05, 0) is 49.2 Å². The fourth-order valence-electron chi connectivity index (χ4n) is 2.90. The first-order valence-electron chi connectivity index (χ1n) is 7.14. The van der Waals surface area contributed by atoms with E-state index in [1.165, 1.54) is 11.1 Å². The Kier molecular flexibility index (Phi) is 3.01. The summed E-state index contributed by atoms with van der Waals surface area (Å²) in [5.74, 6) is 1.89. The number of rotatable bonds is 2. The summed E-state index contributed by atoms with van der Waals surface area (Å²) >= 11 is 0. The van der Waals surface area contributed by atoms with Crippen molar-refractivity contribution in [3.05, 3.63) is 35.2 Å². The number of nitrogens with one attached hydrogen (secondary N) is 1. The van der Waals surface area contributed by atoms with Crippen molar-refractivity contribution in [2.24, 2.45) is 0 Å². The fourth-order valence-corrected chi connectivity index (χ4v) is 2.90. The molecule has 1 aromatic heterocycles. The lowest BCUT2D eigenvalue weighted by Gasteiger charge is -2.18. The van der Waals surface area contributed by atoms with E-state index in [-0.39, 0.29) is 0 Å². The highest BCUT2D eigenvalue weighted by Gasteiger charge is 2.21. The third-order valence-corrected chi connectivity index (χ3v) is 4.11. The summed E-state index contributed by atoms with van der Waals surface area (Å²) < 4.78 is 10.9. The molecular weight excluding hydrogens is 254 g/mol. The molecule has 0 bridgehead atoms. The van der Waals surface area contributed by atoms with Gasteiger partial charge in [-0.25, -0.2) is 0 Å². The van der Waals surface area contributed by atoms with E-state index in [9.17, 15) is 0 Å². The van der Waals surface area contributed by atoms with E-state index in [1.54, 1.807) is 0 Å². The second-order valence-electron chi connectivity index (χ2n) is 5.46. The highest BCUT2D eigenvalue weighted by atomic mass is 16.5. The second kappa shape index (κ2) is 5.00. The standard InChI is InChI=1S/C15H17N3O2/c1-2-12-8-19-9-13(12)7-11(1)15-17-14(18-20-15)10-3-5-16-6-4-10/h1-2,7,10,16H,3-6,8-9H2. The number of benzene rings is 1. The Morgan fingerprint density at radius 2 is 1.95 bits per heavy atom. The van der Waals surface area contributed by atoms with Crippen LogP contribution < -0.4 is 5.32 Å². The molecule has 2 aliphatic heterocycles. The van der Waals surface area contributed by atoms with Crippen LogP contribution in [0.4, 0.5) is 0 Å². The Morgan fingerprint density at radius 3 is 2.85 bits per heavy atom. The van der Waals surface area contributed by atoms with E-state index >= 15 is 0 Å². The quantitative estimate of drug-likeness (QED) is 0.907. The Labute approximate surface area is 117 Å². The second-order valence-corrected chi connectivity index (χ2v) is 5.46. The summed E-state index contributed by atoms with van der Waals surface area (Å²) in [6.07, 6.45) is 2.16. The van der Waals surface area contributed by atoms with Crippen LogP contribution in [0.1, 0.15) is 35.7 Å². The predicted molar refractivity (Wildman–Crippen MR) is 73.1 cm³/mol. The molecule has 1 saturated heterocycles. The zero-order valence-electron chi connectivity index (χ0n) is 11.3. The van der Waals surface area contributed by atoms with Crippen molar-refractivity contribution in [2.45, 2.75) is 32.0 Å². The molecule has 1 fully saturated rings. The SMILES string of the molecule is c1cc2c(cc1-c1nc(C3CCNCC3)no1)COC2. The molecule has 2 aromatic rings. The molecule has 2 aliphatic rings. The molecule has 0 atom stereocenters. The average molecular weight is 271 g/mol. The van der Waals surface area contributed by atoms with Gasteiger partial charge in [0, 0.05) is 11.5 Å². The molecule has 4 rings (SSSR count). The summed E-state index contributed by atoms with van der Waals surface area (Å²) in [5, 5.41) is 7.52. The topological polar surface area (TPSA) is 60.2 Å².